The van der Waals surface area contributed by atoms with E-state index in [1.165, 1.54) is 13.2 Å². The molecule has 0 saturated heterocycles. The zero-order valence-corrected chi connectivity index (χ0v) is 12.6. The van der Waals surface area contributed by atoms with Crippen molar-refractivity contribution in [2.75, 3.05) is 24.3 Å². The van der Waals surface area contributed by atoms with Crippen molar-refractivity contribution in [1.29, 1.82) is 0 Å². The van der Waals surface area contributed by atoms with Crippen molar-refractivity contribution in [3.63, 3.8) is 0 Å². The van der Waals surface area contributed by atoms with Gasteiger partial charge in [-0.05, 0) is 36.4 Å². The molecule has 0 aromatic heterocycles. The molecule has 0 aliphatic carbocycles. The van der Waals surface area contributed by atoms with Gasteiger partial charge in [0, 0.05) is 18.7 Å². The highest BCUT2D eigenvalue weighted by molar-refractivity contribution is 5.93. The summed E-state index contributed by atoms with van der Waals surface area (Å²) in [6, 6.07) is 12.7. The van der Waals surface area contributed by atoms with Crippen LogP contribution in [0.1, 0.15) is 16.8 Å². The molecule has 0 fully saturated rings. The van der Waals surface area contributed by atoms with Crippen LogP contribution in [0.25, 0.3) is 0 Å². The highest BCUT2D eigenvalue weighted by Gasteiger charge is 2.07. The van der Waals surface area contributed by atoms with Crippen LogP contribution < -0.4 is 10.6 Å². The van der Waals surface area contributed by atoms with Crippen molar-refractivity contribution in [1.82, 2.24) is 0 Å². The van der Waals surface area contributed by atoms with Gasteiger partial charge in [-0.15, -0.1) is 0 Å². The fourth-order valence-corrected chi connectivity index (χ4v) is 1.95. The molecule has 2 N–H and O–H groups in total. The van der Waals surface area contributed by atoms with Gasteiger partial charge in [-0.25, -0.2) is 9.18 Å². The summed E-state index contributed by atoms with van der Waals surface area (Å²) in [5, 5.41) is 5.57. The van der Waals surface area contributed by atoms with E-state index in [2.05, 4.69) is 15.4 Å². The first-order chi connectivity index (χ1) is 11.1. The molecular weight excluding hydrogens is 299 g/mol. The predicted octanol–water partition coefficient (Wildman–Crippen LogP) is 3.05. The Morgan fingerprint density at radius 2 is 1.78 bits per heavy atom. The minimum absolute atomic E-state index is 0.188. The molecule has 0 saturated carbocycles. The topological polar surface area (TPSA) is 67.4 Å². The number of hydrogen-bond donors (Lipinski definition) is 2. The van der Waals surface area contributed by atoms with Gasteiger partial charge in [0.25, 0.3) is 0 Å². The van der Waals surface area contributed by atoms with E-state index in [9.17, 15) is 14.0 Å². The van der Waals surface area contributed by atoms with Crippen molar-refractivity contribution in [3.8, 4) is 0 Å². The van der Waals surface area contributed by atoms with Crippen LogP contribution in [-0.2, 0) is 9.53 Å². The molecule has 2 rings (SSSR count). The monoisotopic (exact) mass is 316 g/mol. The lowest BCUT2D eigenvalue weighted by atomic mass is 10.2. The molecule has 0 heterocycles. The van der Waals surface area contributed by atoms with Crippen LogP contribution in [0.15, 0.2) is 48.5 Å². The van der Waals surface area contributed by atoms with Gasteiger partial charge in [-0.3, -0.25) is 4.79 Å². The molecule has 0 unspecified atom stereocenters. The Morgan fingerprint density at radius 1 is 1.09 bits per heavy atom. The maximum absolute atomic E-state index is 13.4. The van der Waals surface area contributed by atoms with Crippen LogP contribution in [0.4, 0.5) is 15.8 Å². The first-order valence-electron chi connectivity index (χ1n) is 7.07. The Balaban J connectivity index is 1.81. The quantitative estimate of drug-likeness (QED) is 0.804. The van der Waals surface area contributed by atoms with Gasteiger partial charge in [0.05, 0.1) is 18.4 Å². The number of carbonyl (C=O) groups excluding carboxylic acids is 2. The number of carbonyl (C=O) groups is 2. The van der Waals surface area contributed by atoms with Gasteiger partial charge in [0.1, 0.15) is 5.82 Å². The van der Waals surface area contributed by atoms with Crippen LogP contribution in [0, 0.1) is 5.82 Å². The first-order valence-corrected chi connectivity index (χ1v) is 7.07. The summed E-state index contributed by atoms with van der Waals surface area (Å²) in [6.45, 7) is 0.313. The van der Waals surface area contributed by atoms with Crippen molar-refractivity contribution in [2.45, 2.75) is 6.42 Å². The number of halogens is 1. The molecule has 0 aliphatic rings. The molecule has 2 aromatic rings. The van der Waals surface area contributed by atoms with E-state index < -0.39 is 5.97 Å². The number of esters is 1. The van der Waals surface area contributed by atoms with E-state index in [1.807, 2.05) is 0 Å². The van der Waals surface area contributed by atoms with Gasteiger partial charge in [-0.2, -0.15) is 0 Å². The smallest absolute Gasteiger partial charge is 0.337 e. The number of amides is 1. The number of ether oxygens (including phenoxy) is 1. The number of rotatable bonds is 6. The largest absolute Gasteiger partial charge is 0.465 e. The van der Waals surface area contributed by atoms with Crippen molar-refractivity contribution < 1.29 is 18.7 Å². The second-order valence-corrected chi connectivity index (χ2v) is 4.77. The SMILES string of the molecule is COC(=O)c1ccc(NC(=O)CCNc2ccccc2F)cc1. The molecule has 120 valence electrons. The molecule has 23 heavy (non-hydrogen) atoms. The zero-order chi connectivity index (χ0) is 16.7. The Kier molecular flexibility index (Phi) is 5.68. The van der Waals surface area contributed by atoms with E-state index in [-0.39, 0.29) is 18.1 Å². The summed E-state index contributed by atoms with van der Waals surface area (Å²) in [5.74, 6) is -0.997. The maximum atomic E-state index is 13.4. The number of hydrogen-bond acceptors (Lipinski definition) is 4. The molecule has 5 nitrogen and oxygen atoms in total. The molecule has 6 heteroatoms. The third kappa shape index (κ3) is 4.81. The second-order valence-electron chi connectivity index (χ2n) is 4.77. The Labute approximate surface area is 133 Å². The van der Waals surface area contributed by atoms with E-state index in [0.717, 1.165) is 0 Å². The van der Waals surface area contributed by atoms with E-state index in [4.69, 9.17) is 0 Å². The Morgan fingerprint density at radius 3 is 2.43 bits per heavy atom. The van der Waals surface area contributed by atoms with Crippen LogP contribution >= 0.6 is 0 Å². The predicted molar refractivity (Wildman–Crippen MR) is 85.9 cm³/mol. The van der Waals surface area contributed by atoms with Crippen molar-refractivity contribution in [2.24, 2.45) is 0 Å². The summed E-state index contributed by atoms with van der Waals surface area (Å²) in [7, 11) is 1.31. The lowest BCUT2D eigenvalue weighted by molar-refractivity contribution is -0.115. The highest BCUT2D eigenvalue weighted by atomic mass is 19.1. The minimum Gasteiger partial charge on any atom is -0.465 e. The minimum atomic E-state index is -0.433. The average molecular weight is 316 g/mol. The lowest BCUT2D eigenvalue weighted by Crippen LogP contribution is -2.16. The zero-order valence-electron chi connectivity index (χ0n) is 12.6. The highest BCUT2D eigenvalue weighted by Crippen LogP contribution is 2.13. The van der Waals surface area contributed by atoms with Crippen LogP contribution in [0.2, 0.25) is 0 Å². The van der Waals surface area contributed by atoms with Crippen molar-refractivity contribution in [3.05, 3.63) is 59.9 Å². The fourth-order valence-electron chi connectivity index (χ4n) is 1.95. The fraction of sp³-hybridized carbons (Fsp3) is 0.176. The van der Waals surface area contributed by atoms with Gasteiger partial charge >= 0.3 is 5.97 Å². The first kappa shape index (κ1) is 16.5. The molecule has 1 amide bonds. The standard InChI is InChI=1S/C17H17FN2O3/c1-23-17(22)12-6-8-13(9-7-12)20-16(21)10-11-19-15-5-3-2-4-14(15)18/h2-9,19H,10-11H2,1H3,(H,20,21). The molecule has 0 aliphatic heterocycles. The van der Waals surface area contributed by atoms with Gasteiger partial charge < -0.3 is 15.4 Å². The van der Waals surface area contributed by atoms with Crippen LogP contribution in [0.3, 0.4) is 0 Å². The van der Waals surface area contributed by atoms with Gasteiger partial charge in [0.2, 0.25) is 5.91 Å². The molecule has 0 spiro atoms. The maximum Gasteiger partial charge on any atom is 0.337 e. The number of nitrogens with one attached hydrogen (secondary N) is 2. The number of anilines is 2. The third-order valence-corrected chi connectivity index (χ3v) is 3.13. The van der Waals surface area contributed by atoms with E-state index >= 15 is 0 Å². The Hall–Kier alpha value is -2.89. The molecule has 2 aromatic carbocycles. The summed E-state index contributed by atoms with van der Waals surface area (Å²) in [6.07, 6.45) is 0.188. The van der Waals surface area contributed by atoms with Gasteiger partial charge in [-0.1, -0.05) is 12.1 Å². The average Bonchev–Trinajstić information content (AvgIpc) is 2.56. The molecular formula is C17H17FN2O3. The third-order valence-electron chi connectivity index (χ3n) is 3.13. The van der Waals surface area contributed by atoms with Crippen LogP contribution in [0.5, 0.6) is 0 Å². The number of benzene rings is 2. The lowest BCUT2D eigenvalue weighted by Gasteiger charge is -2.08. The van der Waals surface area contributed by atoms with E-state index in [0.29, 0.717) is 23.5 Å². The normalized spacial score (nSPS) is 10.0. The van der Waals surface area contributed by atoms with E-state index in [1.54, 1.807) is 42.5 Å². The Bertz CT molecular complexity index is 686. The van der Waals surface area contributed by atoms with Crippen LogP contribution in [-0.4, -0.2) is 25.5 Å². The molecule has 0 bridgehead atoms. The number of methoxy groups -OCH3 is 1. The summed E-state index contributed by atoms with van der Waals surface area (Å²) < 4.78 is 18.0. The summed E-state index contributed by atoms with van der Waals surface area (Å²) in [5.41, 5.74) is 1.35. The second kappa shape index (κ2) is 7.93. The molecule has 0 radical (unpaired) electrons. The summed E-state index contributed by atoms with van der Waals surface area (Å²) in [4.78, 5) is 23.1. The van der Waals surface area contributed by atoms with Gasteiger partial charge in [0.15, 0.2) is 0 Å². The van der Waals surface area contributed by atoms with Crippen molar-refractivity contribution >= 4 is 23.3 Å². The molecule has 0 atom stereocenters. The summed E-state index contributed by atoms with van der Waals surface area (Å²) >= 11 is 0. The number of para-hydroxylation sites is 1.